The van der Waals surface area contributed by atoms with Gasteiger partial charge in [-0.2, -0.15) is 0 Å². The van der Waals surface area contributed by atoms with Crippen LogP contribution in [0, 0.1) is 0 Å². The number of nitrogens with zero attached hydrogens (tertiary/aromatic N) is 3. The maximum absolute atomic E-state index is 12.8. The van der Waals surface area contributed by atoms with Gasteiger partial charge in [-0.25, -0.2) is 4.79 Å². The number of hydrogen-bond acceptors (Lipinski definition) is 6. The monoisotopic (exact) mass is 471 g/mol. The SMILES string of the molecule is COc1cccc(CNC(=O)N2CCCC2c2nnc(C(=O)Nc3cccc(Cl)c3)s2)c1. The summed E-state index contributed by atoms with van der Waals surface area (Å²) in [6, 6.07) is 14.1. The van der Waals surface area contributed by atoms with Crippen LogP contribution < -0.4 is 15.4 Å². The Balaban J connectivity index is 1.39. The van der Waals surface area contributed by atoms with Gasteiger partial charge in [0.05, 0.1) is 13.2 Å². The van der Waals surface area contributed by atoms with Crippen molar-refractivity contribution in [2.45, 2.75) is 25.4 Å². The van der Waals surface area contributed by atoms with Crippen molar-refractivity contribution in [3.63, 3.8) is 0 Å². The van der Waals surface area contributed by atoms with Gasteiger partial charge in [0.2, 0.25) is 5.01 Å². The molecule has 0 saturated carbocycles. The molecule has 3 amide bonds. The summed E-state index contributed by atoms with van der Waals surface area (Å²) in [7, 11) is 1.61. The molecule has 2 heterocycles. The topological polar surface area (TPSA) is 96.4 Å². The number of halogens is 1. The third-order valence-electron chi connectivity index (χ3n) is 5.09. The van der Waals surface area contributed by atoms with Crippen LogP contribution in [0.1, 0.15) is 39.3 Å². The van der Waals surface area contributed by atoms with Crippen LogP contribution in [0.5, 0.6) is 5.75 Å². The first-order chi connectivity index (χ1) is 15.5. The Morgan fingerprint density at radius 3 is 2.88 bits per heavy atom. The summed E-state index contributed by atoms with van der Waals surface area (Å²) in [6.07, 6.45) is 1.64. The van der Waals surface area contributed by atoms with Gasteiger partial charge in [0, 0.05) is 23.8 Å². The number of carbonyl (C=O) groups is 2. The van der Waals surface area contributed by atoms with Gasteiger partial charge in [-0.1, -0.05) is 41.1 Å². The Bertz CT molecular complexity index is 1120. The third kappa shape index (κ3) is 5.17. The van der Waals surface area contributed by atoms with Crippen molar-refractivity contribution in [3.8, 4) is 5.75 Å². The number of aromatic nitrogens is 2. The van der Waals surface area contributed by atoms with Crippen LogP contribution in [0.3, 0.4) is 0 Å². The lowest BCUT2D eigenvalue weighted by molar-refractivity contribution is 0.102. The zero-order valence-corrected chi connectivity index (χ0v) is 18.9. The number of hydrogen-bond donors (Lipinski definition) is 2. The lowest BCUT2D eigenvalue weighted by Crippen LogP contribution is -2.39. The average molecular weight is 472 g/mol. The highest BCUT2D eigenvalue weighted by molar-refractivity contribution is 7.13. The van der Waals surface area contributed by atoms with Crippen LogP contribution in [0.2, 0.25) is 5.02 Å². The van der Waals surface area contributed by atoms with Crippen LogP contribution in [0.15, 0.2) is 48.5 Å². The highest BCUT2D eigenvalue weighted by atomic mass is 35.5. The Labute approximate surface area is 194 Å². The molecule has 1 aromatic heterocycles. The predicted octanol–water partition coefficient (Wildman–Crippen LogP) is 4.50. The van der Waals surface area contributed by atoms with Gasteiger partial charge in [0.1, 0.15) is 10.8 Å². The van der Waals surface area contributed by atoms with Crippen LogP contribution >= 0.6 is 22.9 Å². The molecule has 2 aromatic carbocycles. The molecule has 0 radical (unpaired) electrons. The summed E-state index contributed by atoms with van der Waals surface area (Å²) in [6.45, 7) is 1.01. The van der Waals surface area contributed by atoms with E-state index in [-0.39, 0.29) is 23.0 Å². The zero-order chi connectivity index (χ0) is 22.5. The fourth-order valence-corrected chi connectivity index (χ4v) is 4.62. The minimum Gasteiger partial charge on any atom is -0.497 e. The summed E-state index contributed by atoms with van der Waals surface area (Å²) in [4.78, 5) is 27.1. The first-order valence-electron chi connectivity index (χ1n) is 10.1. The second-order valence-corrected chi connectivity index (χ2v) is 8.72. The number of likely N-dealkylation sites (tertiary alicyclic amines) is 1. The Kier molecular flexibility index (Phi) is 6.87. The highest BCUT2D eigenvalue weighted by Gasteiger charge is 2.33. The van der Waals surface area contributed by atoms with Gasteiger partial charge < -0.3 is 20.3 Å². The van der Waals surface area contributed by atoms with Gasteiger partial charge in [0.15, 0.2) is 0 Å². The summed E-state index contributed by atoms with van der Waals surface area (Å²) in [5.41, 5.74) is 1.53. The summed E-state index contributed by atoms with van der Waals surface area (Å²) in [5.74, 6) is 0.385. The number of ether oxygens (including phenoxy) is 1. The number of urea groups is 1. The molecule has 1 unspecified atom stereocenters. The van der Waals surface area contributed by atoms with E-state index < -0.39 is 0 Å². The quantitative estimate of drug-likeness (QED) is 0.551. The maximum Gasteiger partial charge on any atom is 0.318 e. The number of methoxy groups -OCH3 is 1. The number of anilines is 1. The molecule has 3 aromatic rings. The predicted molar refractivity (Wildman–Crippen MR) is 123 cm³/mol. The molecular formula is C22H22ClN5O3S. The van der Waals surface area contributed by atoms with Crippen molar-refractivity contribution in [2.24, 2.45) is 0 Å². The normalized spacial score (nSPS) is 15.4. The lowest BCUT2D eigenvalue weighted by atomic mass is 10.2. The molecular weight excluding hydrogens is 450 g/mol. The molecule has 1 aliphatic heterocycles. The first-order valence-corrected chi connectivity index (χ1v) is 11.3. The number of benzene rings is 2. The van der Waals surface area contributed by atoms with Crippen molar-refractivity contribution in [1.29, 1.82) is 0 Å². The molecule has 4 rings (SSSR count). The van der Waals surface area contributed by atoms with E-state index in [0.717, 1.165) is 24.2 Å². The van der Waals surface area contributed by atoms with E-state index in [2.05, 4.69) is 20.8 Å². The molecule has 32 heavy (non-hydrogen) atoms. The van der Waals surface area contributed by atoms with Crippen LogP contribution in [0.4, 0.5) is 10.5 Å². The molecule has 10 heteroatoms. The van der Waals surface area contributed by atoms with Crippen molar-refractivity contribution < 1.29 is 14.3 Å². The number of nitrogens with one attached hydrogen (secondary N) is 2. The zero-order valence-electron chi connectivity index (χ0n) is 17.4. The van der Waals surface area contributed by atoms with Crippen LogP contribution in [-0.2, 0) is 6.54 Å². The molecule has 1 saturated heterocycles. The Hall–Kier alpha value is -3.17. The van der Waals surface area contributed by atoms with E-state index in [1.54, 1.807) is 36.3 Å². The number of carbonyl (C=O) groups excluding carboxylic acids is 2. The first kappa shape index (κ1) is 22.0. The van der Waals surface area contributed by atoms with Crippen LogP contribution in [-0.4, -0.2) is 40.7 Å². The van der Waals surface area contributed by atoms with Gasteiger partial charge >= 0.3 is 6.03 Å². The Morgan fingerprint density at radius 2 is 2.06 bits per heavy atom. The minimum atomic E-state index is -0.358. The third-order valence-corrected chi connectivity index (χ3v) is 6.35. The van der Waals surface area contributed by atoms with Gasteiger partial charge in [-0.05, 0) is 48.7 Å². The highest BCUT2D eigenvalue weighted by Crippen LogP contribution is 2.33. The fourth-order valence-electron chi connectivity index (χ4n) is 3.54. The fraction of sp³-hybridized carbons (Fsp3) is 0.273. The van der Waals surface area contributed by atoms with Crippen molar-refractivity contribution >= 4 is 40.6 Å². The molecule has 1 fully saturated rings. The summed E-state index contributed by atoms with van der Waals surface area (Å²) < 4.78 is 5.23. The molecule has 0 bridgehead atoms. The molecule has 1 aliphatic rings. The minimum absolute atomic E-state index is 0.171. The van der Waals surface area contributed by atoms with Crippen molar-refractivity contribution in [3.05, 3.63) is 69.1 Å². The molecule has 8 nitrogen and oxygen atoms in total. The van der Waals surface area contributed by atoms with E-state index in [1.165, 1.54) is 11.3 Å². The average Bonchev–Trinajstić information content (AvgIpc) is 3.47. The lowest BCUT2D eigenvalue weighted by Gasteiger charge is -2.23. The maximum atomic E-state index is 12.8. The van der Waals surface area contributed by atoms with E-state index in [1.807, 2.05) is 24.3 Å². The van der Waals surface area contributed by atoms with Crippen molar-refractivity contribution in [1.82, 2.24) is 20.4 Å². The molecule has 0 spiro atoms. The Morgan fingerprint density at radius 1 is 1.22 bits per heavy atom. The second kappa shape index (κ2) is 9.97. The largest absolute Gasteiger partial charge is 0.497 e. The molecule has 166 valence electrons. The van der Waals surface area contributed by atoms with E-state index in [9.17, 15) is 9.59 Å². The molecule has 2 N–H and O–H groups in total. The molecule has 0 aliphatic carbocycles. The summed E-state index contributed by atoms with van der Waals surface area (Å²) >= 11 is 7.16. The van der Waals surface area contributed by atoms with Crippen molar-refractivity contribution in [2.75, 3.05) is 19.0 Å². The van der Waals surface area contributed by atoms with Crippen LogP contribution in [0.25, 0.3) is 0 Å². The van der Waals surface area contributed by atoms with E-state index in [0.29, 0.717) is 28.8 Å². The number of rotatable bonds is 6. The number of amides is 3. The van der Waals surface area contributed by atoms with E-state index in [4.69, 9.17) is 16.3 Å². The van der Waals surface area contributed by atoms with Gasteiger partial charge in [-0.3, -0.25) is 4.79 Å². The van der Waals surface area contributed by atoms with Gasteiger partial charge in [-0.15, -0.1) is 10.2 Å². The molecule has 1 atom stereocenters. The smallest absolute Gasteiger partial charge is 0.318 e. The summed E-state index contributed by atoms with van der Waals surface area (Å²) in [5, 5.41) is 15.4. The standard InChI is InChI=1S/C22H22ClN5O3S/c1-31-17-8-2-5-14(11-17)13-24-22(30)28-10-4-9-18(28)20-26-27-21(32-20)19(29)25-16-7-3-6-15(23)12-16/h2-3,5-8,11-12,18H,4,9-10,13H2,1H3,(H,24,30)(H,25,29). The van der Waals surface area contributed by atoms with Gasteiger partial charge in [0.25, 0.3) is 5.91 Å². The van der Waals surface area contributed by atoms with E-state index >= 15 is 0 Å². The second-order valence-electron chi connectivity index (χ2n) is 7.27.